The lowest BCUT2D eigenvalue weighted by Gasteiger charge is -2.26. The van der Waals surface area contributed by atoms with Gasteiger partial charge in [-0.1, -0.05) is 6.07 Å². The zero-order valence-corrected chi connectivity index (χ0v) is 20.6. The van der Waals surface area contributed by atoms with Crippen molar-refractivity contribution in [1.82, 2.24) is 4.31 Å². The topological polar surface area (TPSA) is 105 Å². The molecule has 9 nitrogen and oxygen atoms in total. The van der Waals surface area contributed by atoms with E-state index in [4.69, 9.17) is 9.47 Å². The second-order valence-electron chi connectivity index (χ2n) is 8.40. The summed E-state index contributed by atoms with van der Waals surface area (Å²) in [6, 6.07) is 10.2. The van der Waals surface area contributed by atoms with Crippen molar-refractivity contribution in [3.8, 4) is 5.75 Å². The van der Waals surface area contributed by atoms with Crippen molar-refractivity contribution >= 4 is 39.3 Å². The van der Waals surface area contributed by atoms with Crippen LogP contribution in [0.25, 0.3) is 6.08 Å². The monoisotopic (exact) mass is 499 g/mol. The predicted octanol–water partition coefficient (Wildman–Crippen LogP) is 2.80. The molecule has 0 aromatic heterocycles. The number of aryl methyl sites for hydroxylation is 1. The Labute approximate surface area is 205 Å². The van der Waals surface area contributed by atoms with Crippen LogP contribution in [0.4, 0.5) is 11.4 Å². The minimum Gasteiger partial charge on any atom is -0.495 e. The molecule has 2 fully saturated rings. The van der Waals surface area contributed by atoms with Crippen molar-refractivity contribution in [2.45, 2.75) is 24.7 Å². The summed E-state index contributed by atoms with van der Waals surface area (Å²) < 4.78 is 38.2. The maximum atomic E-state index is 13.1. The molecule has 2 aromatic rings. The molecule has 2 amide bonds. The van der Waals surface area contributed by atoms with Crippen LogP contribution in [0.15, 0.2) is 47.4 Å². The third-order valence-electron chi connectivity index (χ3n) is 6.03. The molecule has 1 N–H and O–H groups in total. The van der Waals surface area contributed by atoms with E-state index in [-0.39, 0.29) is 35.5 Å². The Kier molecular flexibility index (Phi) is 7.54. The van der Waals surface area contributed by atoms with Gasteiger partial charge in [0.2, 0.25) is 21.8 Å². The first kappa shape index (κ1) is 24.9. The third kappa shape index (κ3) is 5.55. The number of benzene rings is 2. The summed E-state index contributed by atoms with van der Waals surface area (Å²) in [7, 11) is -2.35. The molecule has 0 unspecified atom stereocenters. The summed E-state index contributed by atoms with van der Waals surface area (Å²) in [5.74, 6) is -0.00439. The first-order valence-electron chi connectivity index (χ1n) is 11.5. The zero-order chi connectivity index (χ0) is 25.0. The molecule has 2 aliphatic rings. The second-order valence-corrected chi connectivity index (χ2v) is 10.3. The van der Waals surface area contributed by atoms with E-state index in [0.717, 1.165) is 17.7 Å². The van der Waals surface area contributed by atoms with Gasteiger partial charge in [0.15, 0.2) is 0 Å². The fourth-order valence-corrected chi connectivity index (χ4v) is 5.82. The number of amides is 2. The van der Waals surface area contributed by atoms with Crippen LogP contribution < -0.4 is 15.0 Å². The van der Waals surface area contributed by atoms with Crippen LogP contribution in [-0.4, -0.2) is 64.5 Å². The van der Waals surface area contributed by atoms with E-state index < -0.39 is 10.0 Å². The number of hydrogen-bond acceptors (Lipinski definition) is 6. The number of anilines is 2. The molecule has 0 atom stereocenters. The van der Waals surface area contributed by atoms with Crippen molar-refractivity contribution in [3.63, 3.8) is 0 Å². The van der Waals surface area contributed by atoms with Gasteiger partial charge in [0.25, 0.3) is 0 Å². The first-order chi connectivity index (χ1) is 16.8. The van der Waals surface area contributed by atoms with Crippen LogP contribution in [0.1, 0.15) is 24.0 Å². The molecule has 35 heavy (non-hydrogen) atoms. The van der Waals surface area contributed by atoms with E-state index >= 15 is 0 Å². The number of morpholine rings is 1. The molecular weight excluding hydrogens is 470 g/mol. The molecule has 4 rings (SSSR count). The third-order valence-corrected chi connectivity index (χ3v) is 7.95. The van der Waals surface area contributed by atoms with Crippen molar-refractivity contribution in [1.29, 1.82) is 0 Å². The van der Waals surface area contributed by atoms with Crippen LogP contribution in [0.3, 0.4) is 0 Å². The summed E-state index contributed by atoms with van der Waals surface area (Å²) in [5, 5.41) is 2.81. The Bertz CT molecular complexity index is 1250. The lowest BCUT2D eigenvalue weighted by Crippen LogP contribution is -2.40. The van der Waals surface area contributed by atoms with Crippen LogP contribution >= 0.6 is 0 Å². The Morgan fingerprint density at radius 1 is 1.11 bits per heavy atom. The molecule has 0 saturated carbocycles. The normalized spacial score (nSPS) is 17.2. The van der Waals surface area contributed by atoms with Crippen LogP contribution in [0.5, 0.6) is 5.75 Å². The number of hydrogen-bond donors (Lipinski definition) is 1. The molecule has 0 spiro atoms. The second kappa shape index (κ2) is 10.6. The molecule has 0 bridgehead atoms. The Balaban J connectivity index is 1.48. The first-order valence-corrected chi connectivity index (χ1v) is 12.9. The highest BCUT2D eigenvalue weighted by Crippen LogP contribution is 2.29. The lowest BCUT2D eigenvalue weighted by atomic mass is 10.1. The number of carbonyl (C=O) groups is 2. The summed E-state index contributed by atoms with van der Waals surface area (Å²) in [6.45, 7) is 3.85. The summed E-state index contributed by atoms with van der Waals surface area (Å²) in [4.78, 5) is 26.4. The smallest absolute Gasteiger partial charge is 0.248 e. The zero-order valence-electron chi connectivity index (χ0n) is 19.8. The van der Waals surface area contributed by atoms with Crippen molar-refractivity contribution in [2.24, 2.45) is 0 Å². The van der Waals surface area contributed by atoms with Crippen molar-refractivity contribution < 1.29 is 27.5 Å². The molecule has 2 aliphatic heterocycles. The fourth-order valence-electron chi connectivity index (χ4n) is 4.22. The van der Waals surface area contributed by atoms with E-state index in [1.165, 1.54) is 23.6 Å². The molecule has 2 aromatic carbocycles. The molecule has 2 saturated heterocycles. The molecule has 186 valence electrons. The van der Waals surface area contributed by atoms with Crippen LogP contribution in [0.2, 0.25) is 0 Å². The summed E-state index contributed by atoms with van der Waals surface area (Å²) in [5.41, 5.74) is 2.91. The minimum absolute atomic E-state index is 0.0483. The average Bonchev–Trinajstić information content (AvgIpc) is 3.28. The number of rotatable bonds is 7. The maximum Gasteiger partial charge on any atom is 0.248 e. The molecule has 2 heterocycles. The number of carbonyl (C=O) groups excluding carboxylic acids is 2. The van der Waals surface area contributed by atoms with E-state index in [9.17, 15) is 18.0 Å². The molecular formula is C25H29N3O6S. The van der Waals surface area contributed by atoms with E-state index in [0.29, 0.717) is 37.4 Å². The van der Waals surface area contributed by atoms with E-state index in [1.54, 1.807) is 29.2 Å². The highest BCUT2D eigenvalue weighted by Gasteiger charge is 2.29. The quantitative estimate of drug-likeness (QED) is 0.588. The van der Waals surface area contributed by atoms with Gasteiger partial charge in [0.05, 0.1) is 20.3 Å². The Morgan fingerprint density at radius 3 is 2.54 bits per heavy atom. The Hall–Kier alpha value is -3.21. The van der Waals surface area contributed by atoms with E-state index in [1.807, 2.05) is 19.1 Å². The van der Waals surface area contributed by atoms with Gasteiger partial charge in [-0.25, -0.2) is 8.42 Å². The van der Waals surface area contributed by atoms with E-state index in [2.05, 4.69) is 5.32 Å². The van der Waals surface area contributed by atoms with Gasteiger partial charge in [0.1, 0.15) is 10.6 Å². The van der Waals surface area contributed by atoms with Gasteiger partial charge < -0.3 is 19.7 Å². The fraction of sp³-hybridized carbons (Fsp3) is 0.360. The van der Waals surface area contributed by atoms with Gasteiger partial charge in [-0.3, -0.25) is 9.59 Å². The van der Waals surface area contributed by atoms with Gasteiger partial charge in [-0.15, -0.1) is 0 Å². The van der Waals surface area contributed by atoms with Gasteiger partial charge >= 0.3 is 0 Å². The van der Waals surface area contributed by atoms with Crippen molar-refractivity contribution in [3.05, 3.63) is 53.6 Å². The lowest BCUT2D eigenvalue weighted by molar-refractivity contribution is -0.117. The highest BCUT2D eigenvalue weighted by atomic mass is 32.2. The highest BCUT2D eigenvalue weighted by molar-refractivity contribution is 7.89. The number of nitrogens with one attached hydrogen (secondary N) is 1. The predicted molar refractivity (Wildman–Crippen MR) is 133 cm³/mol. The summed E-state index contributed by atoms with van der Waals surface area (Å²) in [6.07, 6.45) is 4.31. The number of ether oxygens (including phenoxy) is 2. The number of methoxy groups -OCH3 is 1. The molecule has 0 aliphatic carbocycles. The van der Waals surface area contributed by atoms with Gasteiger partial charge in [0, 0.05) is 43.5 Å². The standard InChI is InChI=1S/C25H29N3O6S/c1-18-16-20(7-8-21(18)28-11-3-4-25(28)30)26-24(29)10-6-19-5-9-22(33-2)23(17-19)35(31,32)27-12-14-34-15-13-27/h5-10,16-17H,3-4,11-15H2,1-2H3,(H,26,29)/b10-6+. The SMILES string of the molecule is COc1ccc(/C=C/C(=O)Nc2ccc(N3CCCC3=O)c(C)c2)cc1S(=O)(=O)N1CCOCC1. The minimum atomic E-state index is -3.77. The summed E-state index contributed by atoms with van der Waals surface area (Å²) >= 11 is 0. The largest absolute Gasteiger partial charge is 0.495 e. The van der Waals surface area contributed by atoms with Crippen molar-refractivity contribution in [2.75, 3.05) is 50.2 Å². The maximum absolute atomic E-state index is 13.1. The molecule has 0 radical (unpaired) electrons. The average molecular weight is 500 g/mol. The number of sulfonamides is 1. The van der Waals surface area contributed by atoms with Gasteiger partial charge in [-0.2, -0.15) is 4.31 Å². The Morgan fingerprint density at radius 2 is 1.89 bits per heavy atom. The van der Waals surface area contributed by atoms with Crippen LogP contribution in [-0.2, 0) is 24.3 Å². The number of nitrogens with zero attached hydrogens (tertiary/aromatic N) is 2. The van der Waals surface area contributed by atoms with Gasteiger partial charge in [-0.05, 0) is 60.9 Å². The van der Waals surface area contributed by atoms with Crippen LogP contribution in [0, 0.1) is 6.92 Å². The molecule has 10 heteroatoms.